The molecule has 4 rings (SSSR count). The van der Waals surface area contributed by atoms with Gasteiger partial charge in [0.15, 0.2) is 5.60 Å². The predicted octanol–water partition coefficient (Wildman–Crippen LogP) is 4.93. The number of fused-ring (bicyclic) bond motifs is 1. The van der Waals surface area contributed by atoms with Crippen molar-refractivity contribution in [2.75, 3.05) is 6.61 Å². The maximum atomic E-state index is 12.3. The number of hydrogen-bond acceptors (Lipinski definition) is 6. The Morgan fingerprint density at radius 2 is 1.69 bits per heavy atom. The number of ether oxygens (including phenoxy) is 2. The Hall–Kier alpha value is -3.87. The summed E-state index contributed by atoms with van der Waals surface area (Å²) < 4.78 is 17.6. The molecule has 0 atom stereocenters. The lowest BCUT2D eigenvalue weighted by molar-refractivity contribution is -0.158. The van der Waals surface area contributed by atoms with Crippen LogP contribution >= 0.6 is 0 Å². The molecule has 0 aliphatic carbocycles. The van der Waals surface area contributed by atoms with Gasteiger partial charge in [0.2, 0.25) is 5.89 Å². The first-order valence-corrected chi connectivity index (χ1v) is 11.8. The topological polar surface area (TPSA) is 83.6 Å². The summed E-state index contributed by atoms with van der Waals surface area (Å²) in [6, 6.07) is 21.8. The van der Waals surface area contributed by atoms with E-state index in [4.69, 9.17) is 13.9 Å². The van der Waals surface area contributed by atoms with Crippen molar-refractivity contribution in [3.05, 3.63) is 94.3 Å². The van der Waals surface area contributed by atoms with Crippen LogP contribution in [0.4, 0.5) is 0 Å². The smallest absolute Gasteiger partial charge is 0.437 e. The number of benzene rings is 3. The summed E-state index contributed by atoms with van der Waals surface area (Å²) in [6.07, 6.45) is 2.14. The Morgan fingerprint density at radius 3 is 2.43 bits per heavy atom. The lowest BCUT2D eigenvalue weighted by atomic mass is 10.1. The SMILES string of the molecule is CCOC(=O)C(C)(C)Oc1ccc(CCCc2nn(Cc3ccc4ccccc4c3)c(=O)o2)cc1. The Kier molecular flexibility index (Phi) is 7.34. The number of nitrogens with zero attached hydrogens (tertiary/aromatic N) is 2. The molecular formula is C28H30N2O5. The largest absolute Gasteiger partial charge is 0.476 e. The quantitative estimate of drug-likeness (QED) is 0.303. The molecule has 0 saturated heterocycles. The number of hydrogen-bond donors (Lipinski definition) is 0. The third kappa shape index (κ3) is 6.18. The van der Waals surface area contributed by atoms with Gasteiger partial charge in [-0.05, 0) is 73.7 Å². The van der Waals surface area contributed by atoms with Crippen LogP contribution in [0.5, 0.6) is 5.75 Å². The molecule has 0 unspecified atom stereocenters. The van der Waals surface area contributed by atoms with E-state index in [1.807, 2.05) is 48.5 Å². The summed E-state index contributed by atoms with van der Waals surface area (Å²) in [5.41, 5.74) is 1.06. The number of carbonyl (C=O) groups is 1. The third-order valence-corrected chi connectivity index (χ3v) is 5.71. The summed E-state index contributed by atoms with van der Waals surface area (Å²) in [4.78, 5) is 24.3. The molecule has 4 aromatic rings. The first kappa shape index (κ1) is 24.3. The fraction of sp³-hybridized carbons (Fsp3) is 0.321. The fourth-order valence-corrected chi connectivity index (χ4v) is 3.87. The van der Waals surface area contributed by atoms with Crippen LogP contribution in [0.3, 0.4) is 0 Å². The molecule has 0 amide bonds. The molecule has 0 aliphatic heterocycles. The molecule has 0 saturated carbocycles. The molecule has 0 bridgehead atoms. The van der Waals surface area contributed by atoms with Crippen LogP contribution < -0.4 is 10.5 Å². The Morgan fingerprint density at radius 1 is 0.971 bits per heavy atom. The van der Waals surface area contributed by atoms with Crippen LogP contribution in [0.2, 0.25) is 0 Å². The molecule has 3 aromatic carbocycles. The number of esters is 1. The second-order valence-electron chi connectivity index (χ2n) is 8.93. The molecule has 0 radical (unpaired) electrons. The van der Waals surface area contributed by atoms with Gasteiger partial charge in [-0.25, -0.2) is 9.59 Å². The van der Waals surface area contributed by atoms with Crippen LogP contribution in [-0.2, 0) is 28.9 Å². The highest BCUT2D eigenvalue weighted by Crippen LogP contribution is 2.21. The Balaban J connectivity index is 1.30. The minimum Gasteiger partial charge on any atom is -0.476 e. The zero-order chi connectivity index (χ0) is 24.8. The summed E-state index contributed by atoms with van der Waals surface area (Å²) in [6.45, 7) is 5.82. The molecular weight excluding hydrogens is 444 g/mol. The first-order chi connectivity index (χ1) is 16.8. The molecule has 0 fully saturated rings. The van der Waals surface area contributed by atoms with E-state index in [1.165, 1.54) is 4.68 Å². The second kappa shape index (κ2) is 10.6. The summed E-state index contributed by atoms with van der Waals surface area (Å²) in [5.74, 6) is 0.196. The fourth-order valence-electron chi connectivity index (χ4n) is 3.87. The van der Waals surface area contributed by atoms with Gasteiger partial charge in [-0.1, -0.05) is 48.5 Å². The molecule has 7 nitrogen and oxygen atoms in total. The Bertz CT molecular complexity index is 1350. The zero-order valence-electron chi connectivity index (χ0n) is 20.3. The van der Waals surface area contributed by atoms with Crippen LogP contribution in [0.15, 0.2) is 75.9 Å². The van der Waals surface area contributed by atoms with Gasteiger partial charge in [0.1, 0.15) is 5.75 Å². The standard InChI is InChI=1S/C28H30N2O5/c1-4-33-26(31)28(2,3)35-24-16-13-20(14-17-24)8-7-11-25-29-30(27(32)34-25)19-21-12-15-22-9-5-6-10-23(22)18-21/h5-6,9-10,12-18H,4,7-8,11,19H2,1-3H3. The van der Waals surface area contributed by atoms with E-state index >= 15 is 0 Å². The molecule has 1 aromatic heterocycles. The first-order valence-electron chi connectivity index (χ1n) is 11.8. The van der Waals surface area contributed by atoms with Gasteiger partial charge in [0.05, 0.1) is 13.2 Å². The summed E-state index contributed by atoms with van der Waals surface area (Å²) >= 11 is 0. The second-order valence-corrected chi connectivity index (χ2v) is 8.93. The van der Waals surface area contributed by atoms with Crippen LogP contribution in [0, 0.1) is 0 Å². The average molecular weight is 475 g/mol. The van der Waals surface area contributed by atoms with Crippen molar-refractivity contribution in [1.82, 2.24) is 9.78 Å². The van der Waals surface area contributed by atoms with Crippen LogP contribution in [-0.4, -0.2) is 28.0 Å². The highest BCUT2D eigenvalue weighted by Gasteiger charge is 2.31. The van der Waals surface area contributed by atoms with Gasteiger partial charge in [0.25, 0.3) is 0 Å². The van der Waals surface area contributed by atoms with E-state index in [2.05, 4.69) is 23.3 Å². The lowest BCUT2D eigenvalue weighted by Gasteiger charge is -2.24. The number of aryl methyl sites for hydroxylation is 2. The molecule has 0 spiro atoms. The average Bonchev–Trinajstić information content (AvgIpc) is 3.18. The highest BCUT2D eigenvalue weighted by molar-refractivity contribution is 5.83. The van der Waals surface area contributed by atoms with Gasteiger partial charge >= 0.3 is 11.7 Å². The van der Waals surface area contributed by atoms with Crippen molar-refractivity contribution in [3.8, 4) is 5.75 Å². The van der Waals surface area contributed by atoms with Gasteiger partial charge in [-0.15, -0.1) is 5.10 Å². The molecule has 0 N–H and O–H groups in total. The molecule has 35 heavy (non-hydrogen) atoms. The third-order valence-electron chi connectivity index (χ3n) is 5.71. The minimum atomic E-state index is -1.05. The van der Waals surface area contributed by atoms with Crippen molar-refractivity contribution < 1.29 is 18.7 Å². The number of aromatic nitrogens is 2. The highest BCUT2D eigenvalue weighted by atomic mass is 16.6. The van der Waals surface area contributed by atoms with Crippen molar-refractivity contribution in [3.63, 3.8) is 0 Å². The zero-order valence-corrected chi connectivity index (χ0v) is 20.3. The number of rotatable bonds is 10. The molecule has 7 heteroatoms. The van der Waals surface area contributed by atoms with Gasteiger partial charge in [-0.2, -0.15) is 4.68 Å². The van der Waals surface area contributed by atoms with Crippen molar-refractivity contribution in [2.45, 2.75) is 52.2 Å². The maximum Gasteiger partial charge on any atom is 0.437 e. The van der Waals surface area contributed by atoms with Gasteiger partial charge in [0, 0.05) is 6.42 Å². The van der Waals surface area contributed by atoms with E-state index in [0.29, 0.717) is 31.2 Å². The Labute approximate surface area is 204 Å². The van der Waals surface area contributed by atoms with Crippen LogP contribution in [0.25, 0.3) is 10.8 Å². The van der Waals surface area contributed by atoms with E-state index in [1.54, 1.807) is 20.8 Å². The van der Waals surface area contributed by atoms with E-state index in [9.17, 15) is 9.59 Å². The normalized spacial score (nSPS) is 11.5. The van der Waals surface area contributed by atoms with Gasteiger partial charge in [-0.3, -0.25) is 0 Å². The monoisotopic (exact) mass is 474 g/mol. The molecule has 0 aliphatic rings. The van der Waals surface area contributed by atoms with Crippen molar-refractivity contribution >= 4 is 16.7 Å². The predicted molar refractivity (Wildman–Crippen MR) is 134 cm³/mol. The van der Waals surface area contributed by atoms with Crippen molar-refractivity contribution in [2.24, 2.45) is 0 Å². The molecule has 182 valence electrons. The minimum absolute atomic E-state index is 0.312. The van der Waals surface area contributed by atoms with E-state index in [-0.39, 0.29) is 0 Å². The van der Waals surface area contributed by atoms with E-state index < -0.39 is 17.3 Å². The maximum absolute atomic E-state index is 12.3. The summed E-state index contributed by atoms with van der Waals surface area (Å²) in [5, 5.41) is 6.66. The summed E-state index contributed by atoms with van der Waals surface area (Å²) in [7, 11) is 0. The van der Waals surface area contributed by atoms with Gasteiger partial charge < -0.3 is 13.9 Å². The number of carbonyl (C=O) groups excluding carboxylic acids is 1. The molecule has 1 heterocycles. The van der Waals surface area contributed by atoms with Crippen LogP contribution in [0.1, 0.15) is 44.2 Å². The van der Waals surface area contributed by atoms with E-state index in [0.717, 1.165) is 34.7 Å². The lowest BCUT2D eigenvalue weighted by Crippen LogP contribution is -2.39. The van der Waals surface area contributed by atoms with Crippen molar-refractivity contribution in [1.29, 1.82) is 0 Å².